The molecule has 2 aromatic rings. The van der Waals surface area contributed by atoms with Crippen LogP contribution >= 0.6 is 0 Å². The number of nitrogens with zero attached hydrogens (tertiary/aromatic N) is 1. The van der Waals surface area contributed by atoms with Crippen LogP contribution in [0, 0.1) is 13.8 Å². The molecule has 0 atom stereocenters. The van der Waals surface area contributed by atoms with E-state index in [-0.39, 0.29) is 5.91 Å². The molecule has 2 N–H and O–H groups in total. The van der Waals surface area contributed by atoms with Gasteiger partial charge in [0.1, 0.15) is 0 Å². The summed E-state index contributed by atoms with van der Waals surface area (Å²) < 4.78 is 0. The summed E-state index contributed by atoms with van der Waals surface area (Å²) in [6.45, 7) is 5.79. The molecule has 1 aliphatic heterocycles. The predicted molar refractivity (Wildman–Crippen MR) is 101 cm³/mol. The van der Waals surface area contributed by atoms with Crippen LogP contribution in [0.3, 0.4) is 0 Å². The largest absolute Gasteiger partial charge is 0.385 e. The second kappa shape index (κ2) is 7.38. The van der Waals surface area contributed by atoms with Gasteiger partial charge in [0.2, 0.25) is 5.91 Å². The van der Waals surface area contributed by atoms with Gasteiger partial charge in [-0.15, -0.1) is 0 Å². The molecule has 0 radical (unpaired) electrons. The first-order valence-electron chi connectivity index (χ1n) is 8.84. The van der Waals surface area contributed by atoms with Crippen LogP contribution in [0.2, 0.25) is 0 Å². The van der Waals surface area contributed by atoms with Crippen molar-refractivity contribution in [2.75, 3.05) is 25.0 Å². The molecule has 3 rings (SSSR count). The number of carbonyl (C=O) groups excluding carboxylic acids is 1. The third-order valence-electron chi connectivity index (χ3n) is 5.11. The lowest BCUT2D eigenvalue weighted by Crippen LogP contribution is -2.45. The van der Waals surface area contributed by atoms with Crippen molar-refractivity contribution in [1.29, 1.82) is 0 Å². The summed E-state index contributed by atoms with van der Waals surface area (Å²) in [5.74, 6) is 0.00236. The van der Waals surface area contributed by atoms with E-state index in [2.05, 4.69) is 10.2 Å². The standard InChI is InChI=1S/C21H26N2O2/c1-16-7-6-8-17(2)20(16)22-19(24)15-23-13-11-21(25,12-14-23)18-9-4-3-5-10-18/h3-10,25H,11-15H2,1-2H3,(H,22,24). The van der Waals surface area contributed by atoms with E-state index in [1.165, 1.54) is 0 Å². The first kappa shape index (κ1) is 17.6. The van der Waals surface area contributed by atoms with Crippen LogP contribution in [-0.4, -0.2) is 35.5 Å². The number of likely N-dealkylation sites (tertiary alicyclic amines) is 1. The second-order valence-corrected chi connectivity index (χ2v) is 6.99. The quantitative estimate of drug-likeness (QED) is 0.900. The van der Waals surface area contributed by atoms with Crippen molar-refractivity contribution in [3.05, 3.63) is 65.2 Å². The molecule has 0 unspecified atom stereocenters. The average Bonchev–Trinajstić information content (AvgIpc) is 2.61. The van der Waals surface area contributed by atoms with Gasteiger partial charge in [-0.2, -0.15) is 0 Å². The van der Waals surface area contributed by atoms with Crippen molar-refractivity contribution < 1.29 is 9.90 Å². The van der Waals surface area contributed by atoms with Crippen molar-refractivity contribution in [3.63, 3.8) is 0 Å². The maximum Gasteiger partial charge on any atom is 0.238 e. The molecular weight excluding hydrogens is 312 g/mol. The average molecular weight is 338 g/mol. The summed E-state index contributed by atoms with van der Waals surface area (Å²) >= 11 is 0. The Bertz CT molecular complexity index is 715. The van der Waals surface area contributed by atoms with Gasteiger partial charge >= 0.3 is 0 Å². The number of carbonyl (C=O) groups is 1. The minimum absolute atomic E-state index is 0.00236. The molecule has 0 spiro atoms. The zero-order chi connectivity index (χ0) is 17.9. The van der Waals surface area contributed by atoms with Gasteiger partial charge < -0.3 is 10.4 Å². The van der Waals surface area contributed by atoms with Gasteiger partial charge in [-0.25, -0.2) is 0 Å². The summed E-state index contributed by atoms with van der Waals surface area (Å²) in [5.41, 5.74) is 3.25. The molecule has 1 heterocycles. The number of hydrogen-bond acceptors (Lipinski definition) is 3. The summed E-state index contributed by atoms with van der Waals surface area (Å²) in [4.78, 5) is 14.5. The Morgan fingerprint density at radius 2 is 1.64 bits per heavy atom. The van der Waals surface area contributed by atoms with Crippen molar-refractivity contribution in [1.82, 2.24) is 4.90 Å². The van der Waals surface area contributed by atoms with E-state index < -0.39 is 5.60 Å². The molecule has 0 saturated carbocycles. The molecular formula is C21H26N2O2. The van der Waals surface area contributed by atoms with Crippen molar-refractivity contribution >= 4 is 11.6 Å². The topological polar surface area (TPSA) is 52.6 Å². The van der Waals surface area contributed by atoms with Gasteiger partial charge in [-0.3, -0.25) is 9.69 Å². The molecule has 1 saturated heterocycles. The lowest BCUT2D eigenvalue weighted by Gasteiger charge is -2.38. The highest BCUT2D eigenvalue weighted by atomic mass is 16.3. The SMILES string of the molecule is Cc1cccc(C)c1NC(=O)CN1CCC(O)(c2ccccc2)CC1. The molecule has 1 fully saturated rings. The Balaban J connectivity index is 1.56. The van der Waals surface area contributed by atoms with E-state index in [9.17, 15) is 9.90 Å². The molecule has 0 bridgehead atoms. The molecule has 2 aromatic carbocycles. The van der Waals surface area contributed by atoms with E-state index in [1.54, 1.807) is 0 Å². The van der Waals surface area contributed by atoms with Crippen LogP contribution in [0.1, 0.15) is 29.5 Å². The fourth-order valence-corrected chi connectivity index (χ4v) is 3.51. The van der Waals surface area contributed by atoms with E-state index in [0.29, 0.717) is 32.5 Å². The molecule has 0 aromatic heterocycles. The Hall–Kier alpha value is -2.17. The third-order valence-corrected chi connectivity index (χ3v) is 5.11. The number of anilines is 1. The minimum atomic E-state index is -0.777. The van der Waals surface area contributed by atoms with Gasteiger partial charge in [0.15, 0.2) is 0 Å². The number of aliphatic hydroxyl groups is 1. The van der Waals surface area contributed by atoms with Crippen LogP contribution < -0.4 is 5.32 Å². The summed E-state index contributed by atoms with van der Waals surface area (Å²) in [6, 6.07) is 15.8. The lowest BCUT2D eigenvalue weighted by atomic mass is 9.84. The number of piperidine rings is 1. The Morgan fingerprint density at radius 3 is 2.24 bits per heavy atom. The molecule has 132 valence electrons. The number of nitrogens with one attached hydrogen (secondary N) is 1. The molecule has 1 amide bonds. The number of hydrogen-bond donors (Lipinski definition) is 2. The summed E-state index contributed by atoms with van der Waals surface area (Å²) in [5, 5.41) is 13.9. The van der Waals surface area contributed by atoms with Gasteiger partial charge in [0.25, 0.3) is 0 Å². The van der Waals surface area contributed by atoms with Crippen molar-refractivity contribution in [3.8, 4) is 0 Å². The van der Waals surface area contributed by atoms with E-state index in [1.807, 2.05) is 62.4 Å². The lowest BCUT2D eigenvalue weighted by molar-refractivity contribution is -0.118. The number of benzene rings is 2. The summed E-state index contributed by atoms with van der Waals surface area (Å²) in [6.07, 6.45) is 1.29. The Kier molecular flexibility index (Phi) is 5.21. The van der Waals surface area contributed by atoms with Crippen LogP contribution in [0.25, 0.3) is 0 Å². The highest BCUT2D eigenvalue weighted by Crippen LogP contribution is 2.32. The highest BCUT2D eigenvalue weighted by Gasteiger charge is 2.34. The van der Waals surface area contributed by atoms with E-state index >= 15 is 0 Å². The van der Waals surface area contributed by atoms with Crippen molar-refractivity contribution in [2.24, 2.45) is 0 Å². The maximum atomic E-state index is 12.4. The molecule has 0 aliphatic carbocycles. The van der Waals surface area contributed by atoms with Gasteiger partial charge in [0.05, 0.1) is 12.1 Å². The van der Waals surface area contributed by atoms with E-state index in [4.69, 9.17) is 0 Å². The fourth-order valence-electron chi connectivity index (χ4n) is 3.51. The molecule has 4 heteroatoms. The zero-order valence-electron chi connectivity index (χ0n) is 15.0. The van der Waals surface area contributed by atoms with Crippen LogP contribution in [0.5, 0.6) is 0 Å². The normalized spacial score (nSPS) is 17.2. The van der Waals surface area contributed by atoms with Crippen LogP contribution in [0.4, 0.5) is 5.69 Å². The van der Waals surface area contributed by atoms with E-state index in [0.717, 1.165) is 22.4 Å². The highest BCUT2D eigenvalue weighted by molar-refractivity contribution is 5.93. The molecule has 4 nitrogen and oxygen atoms in total. The third kappa shape index (κ3) is 4.09. The monoisotopic (exact) mass is 338 g/mol. The Morgan fingerprint density at radius 1 is 1.04 bits per heavy atom. The first-order valence-corrected chi connectivity index (χ1v) is 8.84. The van der Waals surface area contributed by atoms with Crippen LogP contribution in [-0.2, 0) is 10.4 Å². The number of rotatable bonds is 4. The molecule has 1 aliphatic rings. The Labute approximate surface area is 149 Å². The number of para-hydroxylation sites is 1. The maximum absolute atomic E-state index is 12.4. The zero-order valence-corrected chi connectivity index (χ0v) is 15.0. The predicted octanol–water partition coefficient (Wildman–Crippen LogP) is 3.23. The van der Waals surface area contributed by atoms with Gasteiger partial charge in [-0.1, -0.05) is 48.5 Å². The first-order chi connectivity index (χ1) is 12.0. The minimum Gasteiger partial charge on any atom is -0.385 e. The van der Waals surface area contributed by atoms with Gasteiger partial charge in [-0.05, 0) is 43.4 Å². The summed E-state index contributed by atoms with van der Waals surface area (Å²) in [7, 11) is 0. The number of aryl methyl sites for hydroxylation is 2. The smallest absolute Gasteiger partial charge is 0.238 e. The molecule has 25 heavy (non-hydrogen) atoms. The fraction of sp³-hybridized carbons (Fsp3) is 0.381. The van der Waals surface area contributed by atoms with Crippen molar-refractivity contribution in [2.45, 2.75) is 32.3 Å². The second-order valence-electron chi connectivity index (χ2n) is 6.99. The van der Waals surface area contributed by atoms with Gasteiger partial charge in [0, 0.05) is 18.8 Å². The number of amides is 1. The van der Waals surface area contributed by atoms with Crippen LogP contribution in [0.15, 0.2) is 48.5 Å².